The summed E-state index contributed by atoms with van der Waals surface area (Å²) in [5, 5.41) is 5.07. The Morgan fingerprint density at radius 1 is 0.270 bits per heavy atom. The van der Waals surface area contributed by atoms with Crippen LogP contribution in [0.2, 0.25) is 0 Å². The van der Waals surface area contributed by atoms with Crippen LogP contribution in [0.15, 0.2) is 237 Å². The number of nitrogens with zero attached hydrogens (tertiary/aromatic N) is 1. The van der Waals surface area contributed by atoms with Crippen LogP contribution in [0.3, 0.4) is 0 Å². The van der Waals surface area contributed by atoms with Gasteiger partial charge in [-0.1, -0.05) is 188 Å². The molecule has 296 valence electrons. The van der Waals surface area contributed by atoms with Crippen molar-refractivity contribution in [1.82, 2.24) is 0 Å². The van der Waals surface area contributed by atoms with Crippen molar-refractivity contribution < 1.29 is 0 Å². The fourth-order valence-electron chi connectivity index (χ4n) is 9.24. The van der Waals surface area contributed by atoms with E-state index in [2.05, 4.69) is 241 Å². The second-order valence-corrected chi connectivity index (χ2v) is 18.2. The number of hydrogen-bond acceptors (Lipinski definition) is 3. The molecule has 12 rings (SSSR count). The molecule has 0 aliphatic heterocycles. The maximum Gasteiger partial charge on any atom is 0.0555 e. The Labute approximate surface area is 375 Å². The average Bonchev–Trinajstić information content (AvgIpc) is 3.93. The van der Waals surface area contributed by atoms with E-state index in [4.69, 9.17) is 0 Å². The Morgan fingerprint density at radius 3 is 1.35 bits per heavy atom. The second-order valence-electron chi connectivity index (χ2n) is 16.0. The molecule has 12 aromatic rings. The van der Waals surface area contributed by atoms with Crippen LogP contribution in [0.25, 0.3) is 96.0 Å². The molecule has 0 saturated heterocycles. The summed E-state index contributed by atoms with van der Waals surface area (Å²) >= 11 is 3.76. The molecule has 0 fully saturated rings. The van der Waals surface area contributed by atoms with E-state index in [1.807, 2.05) is 22.7 Å². The summed E-state index contributed by atoms with van der Waals surface area (Å²) in [5.74, 6) is 0. The van der Waals surface area contributed by atoms with Crippen molar-refractivity contribution in [3.8, 4) is 55.6 Å². The van der Waals surface area contributed by atoms with E-state index in [-0.39, 0.29) is 0 Å². The summed E-state index contributed by atoms with van der Waals surface area (Å²) in [7, 11) is 0. The van der Waals surface area contributed by atoms with Crippen molar-refractivity contribution in [1.29, 1.82) is 0 Å². The minimum absolute atomic E-state index is 1.11. The summed E-state index contributed by atoms with van der Waals surface area (Å²) in [4.78, 5) is 2.49. The molecule has 0 aliphatic rings. The van der Waals surface area contributed by atoms with Gasteiger partial charge in [-0.15, -0.1) is 22.7 Å². The topological polar surface area (TPSA) is 3.24 Å². The predicted octanol–water partition coefficient (Wildman–Crippen LogP) is 18.2. The molecule has 0 saturated carbocycles. The van der Waals surface area contributed by atoms with Gasteiger partial charge in [0.1, 0.15) is 0 Å². The van der Waals surface area contributed by atoms with Gasteiger partial charge in [-0.2, -0.15) is 0 Å². The zero-order chi connectivity index (χ0) is 41.7. The van der Waals surface area contributed by atoms with E-state index in [1.165, 1.54) is 96.0 Å². The second kappa shape index (κ2) is 15.7. The molecular formula is C60H39NS2. The molecule has 2 aromatic heterocycles. The molecule has 0 radical (unpaired) electrons. The van der Waals surface area contributed by atoms with Crippen LogP contribution in [0.4, 0.5) is 17.1 Å². The van der Waals surface area contributed by atoms with Gasteiger partial charge in [0.05, 0.1) is 5.69 Å². The predicted molar refractivity (Wildman–Crippen MR) is 274 cm³/mol. The largest absolute Gasteiger partial charge is 0.310 e. The van der Waals surface area contributed by atoms with Gasteiger partial charge < -0.3 is 4.90 Å². The Balaban J connectivity index is 1.07. The van der Waals surface area contributed by atoms with Crippen LogP contribution in [-0.4, -0.2) is 0 Å². The van der Waals surface area contributed by atoms with Crippen LogP contribution < -0.4 is 4.90 Å². The van der Waals surface area contributed by atoms with Crippen molar-refractivity contribution in [2.75, 3.05) is 4.90 Å². The Bertz CT molecular complexity index is 3590. The molecular weight excluding hydrogens is 799 g/mol. The number of rotatable bonds is 8. The van der Waals surface area contributed by atoms with E-state index in [9.17, 15) is 0 Å². The van der Waals surface area contributed by atoms with Gasteiger partial charge in [-0.25, -0.2) is 0 Å². The van der Waals surface area contributed by atoms with Crippen LogP contribution in [0.5, 0.6) is 0 Å². The lowest BCUT2D eigenvalue weighted by atomic mass is 9.94. The summed E-state index contributed by atoms with van der Waals surface area (Å²) in [6.07, 6.45) is 0. The Kier molecular flexibility index (Phi) is 9.29. The molecule has 63 heavy (non-hydrogen) atoms. The number of anilines is 3. The molecule has 0 N–H and O–H groups in total. The van der Waals surface area contributed by atoms with E-state index in [1.54, 1.807) is 0 Å². The van der Waals surface area contributed by atoms with Gasteiger partial charge in [0.15, 0.2) is 0 Å². The fourth-order valence-corrected chi connectivity index (χ4v) is 11.7. The monoisotopic (exact) mass is 837 g/mol. The van der Waals surface area contributed by atoms with E-state index >= 15 is 0 Å². The lowest BCUT2D eigenvalue weighted by Crippen LogP contribution is -2.10. The first kappa shape index (κ1) is 37.2. The third-order valence-electron chi connectivity index (χ3n) is 12.3. The lowest BCUT2D eigenvalue weighted by molar-refractivity contribution is 1.31. The van der Waals surface area contributed by atoms with Crippen molar-refractivity contribution >= 4 is 80.1 Å². The molecule has 0 spiro atoms. The highest BCUT2D eigenvalue weighted by Gasteiger charge is 2.23. The van der Waals surface area contributed by atoms with Crippen LogP contribution in [0.1, 0.15) is 0 Å². The third kappa shape index (κ3) is 6.70. The van der Waals surface area contributed by atoms with Gasteiger partial charge in [-0.05, 0) is 104 Å². The molecule has 10 aromatic carbocycles. The zero-order valence-electron chi connectivity index (χ0n) is 34.3. The van der Waals surface area contributed by atoms with Crippen LogP contribution in [0, 0.1) is 0 Å². The molecule has 0 aliphatic carbocycles. The molecule has 0 amide bonds. The first-order valence-corrected chi connectivity index (χ1v) is 23.0. The normalized spacial score (nSPS) is 11.5. The van der Waals surface area contributed by atoms with Crippen molar-refractivity contribution in [3.63, 3.8) is 0 Å². The zero-order valence-corrected chi connectivity index (χ0v) is 35.9. The SMILES string of the molecule is c1ccc(-c2ccc3c(c2)sc2ccc(N(c4ccc(-c5ccccc5-c5ccccc5)cc4)c4ccc(-c5ccccc5)c5sc6cc(-c7ccccc7)ccc6c45)cc23)cc1. The summed E-state index contributed by atoms with van der Waals surface area (Å²) < 4.78 is 5.14. The van der Waals surface area contributed by atoms with Gasteiger partial charge >= 0.3 is 0 Å². The number of hydrogen-bond donors (Lipinski definition) is 0. The third-order valence-corrected chi connectivity index (χ3v) is 14.6. The summed E-state index contributed by atoms with van der Waals surface area (Å²) in [6, 6.07) is 86.6. The van der Waals surface area contributed by atoms with E-state index in [0.29, 0.717) is 0 Å². The van der Waals surface area contributed by atoms with Gasteiger partial charge in [0.2, 0.25) is 0 Å². The molecule has 3 heteroatoms. The van der Waals surface area contributed by atoms with E-state index in [0.717, 1.165) is 17.1 Å². The average molecular weight is 838 g/mol. The number of benzene rings is 10. The highest BCUT2D eigenvalue weighted by atomic mass is 32.1. The fraction of sp³-hybridized carbons (Fsp3) is 0. The van der Waals surface area contributed by atoms with Gasteiger partial charge in [0.25, 0.3) is 0 Å². The molecule has 1 nitrogen and oxygen atoms in total. The van der Waals surface area contributed by atoms with Gasteiger partial charge in [-0.3, -0.25) is 0 Å². The quantitative estimate of drug-likeness (QED) is 0.147. The maximum atomic E-state index is 2.49. The van der Waals surface area contributed by atoms with E-state index < -0.39 is 0 Å². The first-order valence-electron chi connectivity index (χ1n) is 21.4. The smallest absolute Gasteiger partial charge is 0.0555 e. The highest BCUT2D eigenvalue weighted by molar-refractivity contribution is 7.26. The molecule has 2 heterocycles. The molecule has 0 atom stereocenters. The minimum Gasteiger partial charge on any atom is -0.310 e. The standard InChI is InChI=1S/C60H39NS2/c1-5-15-40(16-6-1)45-27-32-52-54-39-48(31-36-56(54)62-57(52)37-45)61(47-29-25-44(26-30-47)50-24-14-13-23-49(50)42-19-9-3-10-20-42)55-35-34-51(43-21-11-4-12-22-43)60-59(55)53-33-28-46(38-58(53)63-60)41-17-7-2-8-18-41/h1-39H. The van der Waals surface area contributed by atoms with Gasteiger partial charge in [0, 0.05) is 51.7 Å². The Morgan fingerprint density at radius 2 is 0.746 bits per heavy atom. The summed E-state index contributed by atoms with van der Waals surface area (Å²) in [5.41, 5.74) is 15.6. The number of thiophene rings is 2. The molecule has 0 unspecified atom stereocenters. The maximum absolute atomic E-state index is 2.49. The minimum atomic E-state index is 1.11. The molecule has 0 bridgehead atoms. The first-order chi connectivity index (χ1) is 31.2. The lowest BCUT2D eigenvalue weighted by Gasteiger charge is -2.27. The Hall–Kier alpha value is -7.56. The van der Waals surface area contributed by atoms with Crippen molar-refractivity contribution in [3.05, 3.63) is 237 Å². The van der Waals surface area contributed by atoms with Crippen molar-refractivity contribution in [2.24, 2.45) is 0 Å². The number of fused-ring (bicyclic) bond motifs is 6. The van der Waals surface area contributed by atoms with Crippen LogP contribution in [-0.2, 0) is 0 Å². The highest BCUT2D eigenvalue weighted by Crippen LogP contribution is 2.50. The summed E-state index contributed by atoms with van der Waals surface area (Å²) in [6.45, 7) is 0. The van der Waals surface area contributed by atoms with Crippen LogP contribution >= 0.6 is 22.7 Å². The van der Waals surface area contributed by atoms with Crippen molar-refractivity contribution in [2.45, 2.75) is 0 Å².